The Morgan fingerprint density at radius 1 is 1.02 bits per heavy atom. The first-order valence-electron chi connectivity index (χ1n) is 15.1. The zero-order valence-corrected chi connectivity index (χ0v) is 27.0. The van der Waals surface area contributed by atoms with Gasteiger partial charge in [-0.15, -0.1) is 0 Å². The van der Waals surface area contributed by atoms with Crippen LogP contribution in [0.2, 0.25) is 0 Å². The number of Topliss-reactive ketones (excluding diaryl/α,β-unsaturated/α-hetero) is 1. The molecule has 7 heteroatoms. The monoisotopic (exact) mass is 589 g/mol. The molecule has 0 aliphatic heterocycles. The molecule has 1 aromatic heterocycles. The van der Waals surface area contributed by atoms with Crippen LogP contribution in [-0.4, -0.2) is 39.1 Å². The zero-order valence-electron chi connectivity index (χ0n) is 27.0. The second kappa shape index (κ2) is 20.0. The van der Waals surface area contributed by atoms with Gasteiger partial charge in [0.15, 0.2) is 5.78 Å². The number of ketones is 1. The molecule has 0 saturated carbocycles. The maximum absolute atomic E-state index is 12.8. The summed E-state index contributed by atoms with van der Waals surface area (Å²) < 4.78 is 27.8. The van der Waals surface area contributed by atoms with Crippen LogP contribution < -0.4 is 0 Å². The molecule has 2 rings (SSSR count). The van der Waals surface area contributed by atoms with Crippen molar-refractivity contribution in [3.8, 4) is 5.69 Å². The molecule has 0 amide bonds. The van der Waals surface area contributed by atoms with Crippen LogP contribution >= 0.6 is 0 Å². The molecule has 0 spiro atoms. The van der Waals surface area contributed by atoms with Crippen molar-refractivity contribution in [3.05, 3.63) is 71.1 Å². The first kappa shape index (κ1) is 38.9. The van der Waals surface area contributed by atoms with Crippen LogP contribution in [0.3, 0.4) is 0 Å². The quantitative estimate of drug-likeness (QED) is 0.170. The molecule has 0 unspecified atom stereocenters. The van der Waals surface area contributed by atoms with E-state index >= 15 is 0 Å². The molecule has 2 aromatic rings. The third kappa shape index (κ3) is 13.7. The molecule has 0 saturated heterocycles. The van der Waals surface area contributed by atoms with E-state index in [1.165, 1.54) is 0 Å². The van der Waals surface area contributed by atoms with Crippen molar-refractivity contribution in [3.63, 3.8) is 0 Å². The fourth-order valence-corrected chi connectivity index (χ4v) is 4.37. The number of carbonyl (C=O) groups is 2. The molecule has 1 aromatic carbocycles. The number of hydrogen-bond donors (Lipinski definition) is 2. The van der Waals surface area contributed by atoms with Gasteiger partial charge < -0.3 is 14.8 Å². The lowest BCUT2D eigenvalue weighted by molar-refractivity contribution is -0.113. The number of halogens is 2. The number of rotatable bonds is 14. The van der Waals surface area contributed by atoms with Gasteiger partial charge in [0.1, 0.15) is 0 Å². The smallest absolute Gasteiger partial charge is 0.335 e. The average molecular weight is 590 g/mol. The lowest BCUT2D eigenvalue weighted by atomic mass is 10.0. The normalized spacial score (nSPS) is 11.5. The van der Waals surface area contributed by atoms with Crippen LogP contribution in [0.5, 0.6) is 0 Å². The van der Waals surface area contributed by atoms with Gasteiger partial charge in [-0.2, -0.15) is 0 Å². The van der Waals surface area contributed by atoms with Gasteiger partial charge in [0.25, 0.3) is 0 Å². The predicted molar refractivity (Wildman–Crippen MR) is 171 cm³/mol. The maximum Gasteiger partial charge on any atom is 0.335 e. The lowest BCUT2D eigenvalue weighted by Crippen LogP contribution is -2.16. The van der Waals surface area contributed by atoms with Crippen LogP contribution in [0.1, 0.15) is 127 Å². The van der Waals surface area contributed by atoms with E-state index in [0.717, 1.165) is 41.9 Å². The number of hydrogen-bond acceptors (Lipinski definition) is 3. The number of benzene rings is 1. The summed E-state index contributed by atoms with van der Waals surface area (Å²) in [5.74, 6) is -2.76. The van der Waals surface area contributed by atoms with E-state index in [0.29, 0.717) is 24.3 Å². The average Bonchev–Trinajstić information content (AvgIpc) is 3.28. The van der Waals surface area contributed by atoms with Gasteiger partial charge in [-0.3, -0.25) is 4.79 Å². The standard InChI is InChI=1S/C24H29NO3.C9H18F2.C2H6O/c1-6-8-9-22-15-20(14-18(7-2)17(5)26)23(16(3)4)25(22)21-12-10-19(11-13-21)24(27)28;1-4-6-9(10,11)7-5-8(2)3;1-2-3/h7,10-16H,2,6,8-9H2,1,3-5H3,(H,27,28);8H,4-7H2,1-3H3;3H,2H2,1H3/b18-14+;;. The SMILES string of the molecule is C=C/C(=C\c1cc(CCCC)n(-c2ccc(C(=O)O)cc2)c1C(C)C)C(C)=O.CCCC(F)(F)CCC(C)C.CCO. The Balaban J connectivity index is 0.00000100. The minimum Gasteiger partial charge on any atom is -0.478 e. The van der Waals surface area contributed by atoms with Gasteiger partial charge in [-0.1, -0.05) is 67.0 Å². The van der Waals surface area contributed by atoms with Gasteiger partial charge in [0, 0.05) is 42.1 Å². The third-order valence-corrected chi connectivity index (χ3v) is 6.49. The molecule has 236 valence electrons. The first-order valence-corrected chi connectivity index (χ1v) is 15.1. The summed E-state index contributed by atoms with van der Waals surface area (Å²) in [6.45, 7) is 19.4. The molecule has 42 heavy (non-hydrogen) atoms. The summed E-state index contributed by atoms with van der Waals surface area (Å²) in [7, 11) is 0. The highest BCUT2D eigenvalue weighted by molar-refractivity contribution is 6.00. The van der Waals surface area contributed by atoms with Crippen molar-refractivity contribution in [1.82, 2.24) is 4.57 Å². The van der Waals surface area contributed by atoms with E-state index in [1.54, 1.807) is 39.0 Å². The van der Waals surface area contributed by atoms with Crippen LogP contribution in [0.4, 0.5) is 8.78 Å². The molecule has 0 radical (unpaired) electrons. The number of aliphatic hydroxyl groups is 1. The molecule has 0 fully saturated rings. The molecule has 0 bridgehead atoms. The number of aromatic nitrogens is 1. The van der Waals surface area contributed by atoms with Crippen LogP contribution in [0.25, 0.3) is 11.8 Å². The van der Waals surface area contributed by atoms with Crippen LogP contribution in [0, 0.1) is 5.92 Å². The second-order valence-electron chi connectivity index (χ2n) is 11.1. The van der Waals surface area contributed by atoms with Gasteiger partial charge in [-0.05, 0) is 86.9 Å². The highest BCUT2D eigenvalue weighted by Gasteiger charge is 2.26. The van der Waals surface area contributed by atoms with Crippen molar-refractivity contribution in [1.29, 1.82) is 0 Å². The Bertz CT molecular complexity index is 1130. The van der Waals surface area contributed by atoms with Gasteiger partial charge >= 0.3 is 5.97 Å². The van der Waals surface area contributed by atoms with E-state index < -0.39 is 11.9 Å². The number of aryl methyl sites for hydroxylation is 1. The van der Waals surface area contributed by atoms with Crippen molar-refractivity contribution in [2.24, 2.45) is 5.92 Å². The molecule has 0 atom stereocenters. The molecular weight excluding hydrogens is 536 g/mol. The summed E-state index contributed by atoms with van der Waals surface area (Å²) in [5, 5.41) is 16.8. The van der Waals surface area contributed by atoms with Crippen molar-refractivity contribution in [2.75, 3.05) is 6.61 Å². The number of aliphatic hydroxyl groups excluding tert-OH is 1. The molecular formula is C35H53F2NO4. The Kier molecular flexibility index (Phi) is 18.5. The van der Waals surface area contributed by atoms with Gasteiger partial charge in [-0.25, -0.2) is 13.6 Å². The van der Waals surface area contributed by atoms with E-state index in [4.69, 9.17) is 5.11 Å². The van der Waals surface area contributed by atoms with Crippen molar-refractivity contribution < 1.29 is 28.6 Å². The maximum atomic E-state index is 12.8. The van der Waals surface area contributed by atoms with E-state index in [9.17, 15) is 23.5 Å². The molecule has 5 nitrogen and oxygen atoms in total. The Hall–Kier alpha value is -3.06. The highest BCUT2D eigenvalue weighted by Crippen LogP contribution is 2.31. The van der Waals surface area contributed by atoms with Gasteiger partial charge in [0.05, 0.1) is 5.56 Å². The fourth-order valence-electron chi connectivity index (χ4n) is 4.37. The summed E-state index contributed by atoms with van der Waals surface area (Å²) >= 11 is 0. The number of nitrogens with zero attached hydrogens (tertiary/aromatic N) is 1. The van der Waals surface area contributed by atoms with Gasteiger partial charge in [0.2, 0.25) is 5.92 Å². The number of aromatic carboxylic acids is 1. The van der Waals surface area contributed by atoms with E-state index in [2.05, 4.69) is 38.0 Å². The second-order valence-corrected chi connectivity index (χ2v) is 11.1. The van der Waals surface area contributed by atoms with E-state index in [1.807, 2.05) is 32.1 Å². The van der Waals surface area contributed by atoms with Crippen molar-refractivity contribution in [2.45, 2.75) is 112 Å². The Labute approximate surface area is 252 Å². The summed E-state index contributed by atoms with van der Waals surface area (Å²) in [5.41, 5.74) is 5.06. The fraction of sp³-hybridized carbons (Fsp3) is 0.543. The number of allylic oxidation sites excluding steroid dienone is 2. The molecule has 0 aliphatic carbocycles. The topological polar surface area (TPSA) is 79.5 Å². The van der Waals surface area contributed by atoms with Crippen molar-refractivity contribution >= 4 is 17.8 Å². The van der Waals surface area contributed by atoms with Crippen LogP contribution in [-0.2, 0) is 11.2 Å². The lowest BCUT2D eigenvalue weighted by Gasteiger charge is -2.17. The molecule has 2 N–H and O–H groups in total. The first-order chi connectivity index (χ1) is 19.7. The summed E-state index contributed by atoms with van der Waals surface area (Å²) in [4.78, 5) is 23.1. The zero-order chi connectivity index (χ0) is 32.5. The van der Waals surface area contributed by atoms with Crippen LogP contribution in [0.15, 0.2) is 48.6 Å². The number of carboxylic acids is 1. The Morgan fingerprint density at radius 3 is 2.00 bits per heavy atom. The number of unbranched alkanes of at least 4 members (excludes halogenated alkanes) is 1. The third-order valence-electron chi connectivity index (χ3n) is 6.49. The number of carbonyl (C=O) groups excluding carboxylic acids is 1. The molecule has 0 aliphatic rings. The Morgan fingerprint density at radius 2 is 1.60 bits per heavy atom. The highest BCUT2D eigenvalue weighted by atomic mass is 19.3. The minimum atomic E-state index is -2.42. The summed E-state index contributed by atoms with van der Waals surface area (Å²) in [6, 6.07) is 9.09. The van der Waals surface area contributed by atoms with E-state index in [-0.39, 0.29) is 36.7 Å². The number of carboxylic acid groups (broad SMARTS) is 1. The summed E-state index contributed by atoms with van der Waals surface area (Å²) in [6.07, 6.45) is 7.85. The molecule has 1 heterocycles. The predicted octanol–water partition coefficient (Wildman–Crippen LogP) is 9.66. The minimum absolute atomic E-state index is 0.0154. The number of alkyl halides is 2. The largest absolute Gasteiger partial charge is 0.478 e.